The largest absolute Gasteiger partial charge is 0.389 e. The van der Waals surface area contributed by atoms with E-state index in [1.807, 2.05) is 19.1 Å². The smallest absolute Gasteiger partial charge is 0.223 e. The van der Waals surface area contributed by atoms with Crippen molar-refractivity contribution in [3.63, 3.8) is 0 Å². The number of rotatable bonds is 5. The van der Waals surface area contributed by atoms with Gasteiger partial charge < -0.3 is 16.0 Å². The van der Waals surface area contributed by atoms with Gasteiger partial charge in [-0.15, -0.1) is 0 Å². The predicted molar refractivity (Wildman–Crippen MR) is 76.7 cm³/mol. The molecule has 1 aromatic heterocycles. The quantitative estimate of drug-likeness (QED) is 0.775. The maximum atomic E-state index is 11.4. The van der Waals surface area contributed by atoms with Crippen LogP contribution < -0.4 is 11.1 Å². The van der Waals surface area contributed by atoms with E-state index in [2.05, 4.69) is 10.3 Å². The molecule has 0 saturated heterocycles. The third-order valence-corrected chi connectivity index (χ3v) is 2.65. The lowest BCUT2D eigenvalue weighted by Gasteiger charge is -2.13. The molecule has 0 atom stereocenters. The minimum absolute atomic E-state index is 0.0621. The van der Waals surface area contributed by atoms with Gasteiger partial charge in [0, 0.05) is 32.8 Å². The highest BCUT2D eigenvalue weighted by atomic mass is 32.1. The molecular formula is C12H18N4OS. The standard InChI is InChI=1S/C12H18N4OS/c1-8-4-5-9(11(13)18)12(15-8)14-7-6-10(17)16(2)3/h4-5H,6-7H2,1-3H3,(H2,13,18)(H,14,15). The van der Waals surface area contributed by atoms with Crippen molar-refractivity contribution in [2.24, 2.45) is 5.73 Å². The second-order valence-corrected chi connectivity index (χ2v) is 4.62. The number of amides is 1. The van der Waals surface area contributed by atoms with Crippen LogP contribution in [0.25, 0.3) is 0 Å². The first-order chi connectivity index (χ1) is 8.41. The second-order valence-electron chi connectivity index (χ2n) is 4.18. The van der Waals surface area contributed by atoms with Crippen molar-refractivity contribution in [1.82, 2.24) is 9.88 Å². The normalized spacial score (nSPS) is 9.94. The molecule has 1 aromatic rings. The van der Waals surface area contributed by atoms with Crippen molar-refractivity contribution in [1.29, 1.82) is 0 Å². The van der Waals surface area contributed by atoms with Gasteiger partial charge in [0.1, 0.15) is 10.8 Å². The van der Waals surface area contributed by atoms with Crippen LogP contribution in [0.3, 0.4) is 0 Å². The number of carbonyl (C=O) groups is 1. The Labute approximate surface area is 112 Å². The van der Waals surface area contributed by atoms with E-state index in [9.17, 15) is 4.79 Å². The Balaban J connectivity index is 2.69. The highest BCUT2D eigenvalue weighted by Crippen LogP contribution is 2.13. The van der Waals surface area contributed by atoms with Crippen LogP contribution in [0.5, 0.6) is 0 Å². The summed E-state index contributed by atoms with van der Waals surface area (Å²) >= 11 is 4.96. The predicted octanol–water partition coefficient (Wildman–Crippen LogP) is 0.914. The number of aromatic nitrogens is 1. The second kappa shape index (κ2) is 6.30. The minimum atomic E-state index is 0.0621. The average Bonchev–Trinajstić information content (AvgIpc) is 2.28. The van der Waals surface area contributed by atoms with Crippen molar-refractivity contribution >= 4 is 28.9 Å². The fourth-order valence-corrected chi connectivity index (χ4v) is 1.57. The van der Waals surface area contributed by atoms with Gasteiger partial charge >= 0.3 is 0 Å². The first-order valence-corrected chi connectivity index (χ1v) is 6.04. The van der Waals surface area contributed by atoms with Crippen molar-refractivity contribution < 1.29 is 4.79 Å². The van der Waals surface area contributed by atoms with Crippen LogP contribution in [0, 0.1) is 6.92 Å². The van der Waals surface area contributed by atoms with Gasteiger partial charge in [-0.25, -0.2) is 4.98 Å². The van der Waals surface area contributed by atoms with Crippen LogP contribution in [0.1, 0.15) is 17.7 Å². The molecule has 0 saturated carbocycles. The Morgan fingerprint density at radius 2 is 2.17 bits per heavy atom. The van der Waals surface area contributed by atoms with Crippen LogP contribution >= 0.6 is 12.2 Å². The molecule has 1 rings (SSSR count). The molecule has 5 nitrogen and oxygen atoms in total. The molecule has 18 heavy (non-hydrogen) atoms. The van der Waals surface area contributed by atoms with E-state index >= 15 is 0 Å². The zero-order chi connectivity index (χ0) is 13.7. The van der Waals surface area contributed by atoms with E-state index < -0.39 is 0 Å². The lowest BCUT2D eigenvalue weighted by molar-refractivity contribution is -0.128. The van der Waals surface area contributed by atoms with Crippen molar-refractivity contribution in [2.75, 3.05) is 26.0 Å². The molecule has 0 radical (unpaired) electrons. The van der Waals surface area contributed by atoms with E-state index in [0.29, 0.717) is 29.3 Å². The number of nitrogens with two attached hydrogens (primary N) is 1. The van der Waals surface area contributed by atoms with Gasteiger partial charge in [0.15, 0.2) is 0 Å². The van der Waals surface area contributed by atoms with Crippen molar-refractivity contribution in [3.05, 3.63) is 23.4 Å². The number of hydrogen-bond donors (Lipinski definition) is 2. The van der Waals surface area contributed by atoms with Gasteiger partial charge in [-0.3, -0.25) is 4.79 Å². The molecule has 0 aliphatic heterocycles. The summed E-state index contributed by atoms with van der Waals surface area (Å²) in [4.78, 5) is 17.6. The molecule has 3 N–H and O–H groups in total. The number of hydrogen-bond acceptors (Lipinski definition) is 4. The molecule has 0 spiro atoms. The summed E-state index contributed by atoms with van der Waals surface area (Å²) in [7, 11) is 3.46. The molecule has 6 heteroatoms. The summed E-state index contributed by atoms with van der Waals surface area (Å²) in [6, 6.07) is 3.69. The molecule has 1 amide bonds. The lowest BCUT2D eigenvalue weighted by Crippen LogP contribution is -2.24. The van der Waals surface area contributed by atoms with Crippen LogP contribution in [0.15, 0.2) is 12.1 Å². The molecule has 0 aliphatic carbocycles. The summed E-state index contributed by atoms with van der Waals surface area (Å²) in [6.45, 7) is 2.39. The third-order valence-electron chi connectivity index (χ3n) is 2.43. The van der Waals surface area contributed by atoms with Gasteiger partial charge in [0.25, 0.3) is 0 Å². The van der Waals surface area contributed by atoms with E-state index in [1.165, 1.54) is 0 Å². The molecule has 0 bridgehead atoms. The number of thiocarbonyl (C=S) groups is 1. The van der Waals surface area contributed by atoms with Gasteiger partial charge in [0.05, 0.1) is 5.56 Å². The Morgan fingerprint density at radius 1 is 1.50 bits per heavy atom. The molecule has 0 unspecified atom stereocenters. The zero-order valence-corrected chi connectivity index (χ0v) is 11.7. The molecular weight excluding hydrogens is 248 g/mol. The SMILES string of the molecule is Cc1ccc(C(N)=S)c(NCCC(=O)N(C)C)n1. The zero-order valence-electron chi connectivity index (χ0n) is 10.9. The molecule has 0 fully saturated rings. The maximum absolute atomic E-state index is 11.4. The summed E-state index contributed by atoms with van der Waals surface area (Å²) < 4.78 is 0. The Bertz CT molecular complexity index is 459. The van der Waals surface area contributed by atoms with E-state index in [1.54, 1.807) is 19.0 Å². The summed E-state index contributed by atoms with van der Waals surface area (Å²) in [6.07, 6.45) is 0.402. The maximum Gasteiger partial charge on any atom is 0.223 e. The number of nitrogens with zero attached hydrogens (tertiary/aromatic N) is 2. The number of pyridine rings is 1. The Kier molecular flexibility index (Phi) is 5.03. The van der Waals surface area contributed by atoms with E-state index in [-0.39, 0.29) is 5.91 Å². The molecule has 0 aromatic carbocycles. The number of carbonyl (C=O) groups excluding carboxylic acids is 1. The minimum Gasteiger partial charge on any atom is -0.389 e. The lowest BCUT2D eigenvalue weighted by atomic mass is 10.2. The van der Waals surface area contributed by atoms with E-state index in [0.717, 1.165) is 5.69 Å². The Morgan fingerprint density at radius 3 is 2.72 bits per heavy atom. The van der Waals surface area contributed by atoms with Gasteiger partial charge in [0.2, 0.25) is 5.91 Å². The highest BCUT2D eigenvalue weighted by molar-refractivity contribution is 7.80. The van der Waals surface area contributed by atoms with Crippen LogP contribution in [0.4, 0.5) is 5.82 Å². The van der Waals surface area contributed by atoms with Crippen molar-refractivity contribution in [2.45, 2.75) is 13.3 Å². The highest BCUT2D eigenvalue weighted by Gasteiger charge is 2.08. The number of anilines is 1. The van der Waals surface area contributed by atoms with Crippen LogP contribution in [-0.4, -0.2) is 41.4 Å². The molecule has 0 aliphatic rings. The number of nitrogens with one attached hydrogen (secondary N) is 1. The summed E-state index contributed by atoms with van der Waals surface area (Å²) in [5.41, 5.74) is 7.19. The average molecular weight is 266 g/mol. The van der Waals surface area contributed by atoms with Gasteiger partial charge in [-0.05, 0) is 19.1 Å². The molecule has 98 valence electrons. The van der Waals surface area contributed by atoms with Gasteiger partial charge in [-0.1, -0.05) is 12.2 Å². The monoisotopic (exact) mass is 266 g/mol. The molecule has 1 heterocycles. The first kappa shape index (κ1) is 14.4. The topological polar surface area (TPSA) is 71.2 Å². The Hall–Kier alpha value is -1.69. The van der Waals surface area contributed by atoms with Gasteiger partial charge in [-0.2, -0.15) is 0 Å². The summed E-state index contributed by atoms with van der Waals surface area (Å²) in [5.74, 6) is 0.695. The van der Waals surface area contributed by atoms with Crippen LogP contribution in [0.2, 0.25) is 0 Å². The number of aryl methyl sites for hydroxylation is 1. The first-order valence-electron chi connectivity index (χ1n) is 5.63. The van der Waals surface area contributed by atoms with Crippen LogP contribution in [-0.2, 0) is 4.79 Å². The van der Waals surface area contributed by atoms with Crippen molar-refractivity contribution in [3.8, 4) is 0 Å². The third kappa shape index (κ3) is 3.96. The van der Waals surface area contributed by atoms with E-state index in [4.69, 9.17) is 18.0 Å². The summed E-state index contributed by atoms with van der Waals surface area (Å²) in [5, 5.41) is 3.10. The fraction of sp³-hybridized carbons (Fsp3) is 0.417. The fourth-order valence-electron chi connectivity index (χ4n) is 1.40.